The van der Waals surface area contributed by atoms with Crippen LogP contribution in [0.3, 0.4) is 0 Å². The number of benzene rings is 1. The zero-order valence-corrected chi connectivity index (χ0v) is 17.7. The van der Waals surface area contributed by atoms with Gasteiger partial charge in [-0.25, -0.2) is 4.98 Å². The third-order valence-corrected chi connectivity index (χ3v) is 6.07. The van der Waals surface area contributed by atoms with E-state index in [9.17, 15) is 5.11 Å². The van der Waals surface area contributed by atoms with Gasteiger partial charge in [0.2, 0.25) is 0 Å². The van der Waals surface area contributed by atoms with Gasteiger partial charge in [-0.15, -0.1) is 0 Å². The molecule has 0 radical (unpaired) electrons. The highest BCUT2D eigenvalue weighted by Crippen LogP contribution is 2.40. The van der Waals surface area contributed by atoms with E-state index in [2.05, 4.69) is 24.8 Å². The van der Waals surface area contributed by atoms with Crippen molar-refractivity contribution in [3.05, 3.63) is 89.5 Å². The first-order chi connectivity index (χ1) is 15.2. The van der Waals surface area contributed by atoms with Crippen LogP contribution in [0.15, 0.2) is 73.2 Å². The van der Waals surface area contributed by atoms with Crippen molar-refractivity contribution in [3.63, 3.8) is 0 Å². The van der Waals surface area contributed by atoms with Crippen molar-refractivity contribution in [3.8, 4) is 5.75 Å². The Hall–Kier alpha value is -3.22. The molecular formula is C24H22ClN5O. The van der Waals surface area contributed by atoms with Gasteiger partial charge in [-0.05, 0) is 42.5 Å². The number of fused-ring (bicyclic) bond motifs is 1. The number of hydrogen-bond acceptors (Lipinski definition) is 6. The molecule has 1 aromatic carbocycles. The number of phenolic OH excluding ortho intramolecular Hbond substituents is 1. The lowest BCUT2D eigenvalue weighted by atomic mass is 9.97. The van der Waals surface area contributed by atoms with Gasteiger partial charge in [-0.3, -0.25) is 14.9 Å². The van der Waals surface area contributed by atoms with Crippen LogP contribution in [0.1, 0.15) is 17.3 Å². The van der Waals surface area contributed by atoms with Crippen molar-refractivity contribution >= 4 is 28.3 Å². The van der Waals surface area contributed by atoms with E-state index in [1.54, 1.807) is 12.4 Å². The maximum Gasteiger partial charge on any atom is 0.147 e. The summed E-state index contributed by atoms with van der Waals surface area (Å²) in [5.41, 5.74) is 2.11. The highest BCUT2D eigenvalue weighted by atomic mass is 35.5. The Balaban J connectivity index is 1.53. The lowest BCUT2D eigenvalue weighted by Crippen LogP contribution is -2.48. The van der Waals surface area contributed by atoms with E-state index < -0.39 is 0 Å². The second-order valence-corrected chi connectivity index (χ2v) is 7.97. The number of hydrogen-bond donors (Lipinski definition) is 1. The first-order valence-electron chi connectivity index (χ1n) is 10.3. The summed E-state index contributed by atoms with van der Waals surface area (Å²) in [6.07, 6.45) is 5.27. The van der Waals surface area contributed by atoms with E-state index in [1.807, 2.05) is 60.8 Å². The van der Waals surface area contributed by atoms with E-state index in [-0.39, 0.29) is 11.8 Å². The molecule has 0 unspecified atom stereocenters. The number of pyridine rings is 3. The lowest BCUT2D eigenvalue weighted by Gasteiger charge is -2.40. The van der Waals surface area contributed by atoms with Crippen molar-refractivity contribution < 1.29 is 5.11 Å². The summed E-state index contributed by atoms with van der Waals surface area (Å²) in [5.74, 6) is 1.14. The third kappa shape index (κ3) is 3.80. The quantitative estimate of drug-likeness (QED) is 0.520. The summed E-state index contributed by atoms with van der Waals surface area (Å²) in [7, 11) is 0. The van der Waals surface area contributed by atoms with Crippen LogP contribution >= 0.6 is 11.6 Å². The van der Waals surface area contributed by atoms with Crippen LogP contribution in [0.25, 0.3) is 10.9 Å². The molecule has 5 rings (SSSR count). The summed E-state index contributed by atoms with van der Waals surface area (Å²) >= 11 is 6.60. The van der Waals surface area contributed by atoms with Crippen LogP contribution in [-0.2, 0) is 0 Å². The van der Waals surface area contributed by atoms with Crippen LogP contribution in [0, 0.1) is 0 Å². The second kappa shape index (κ2) is 8.49. The summed E-state index contributed by atoms with van der Waals surface area (Å²) < 4.78 is 0. The largest absolute Gasteiger partial charge is 0.505 e. The van der Waals surface area contributed by atoms with Crippen molar-refractivity contribution in [2.45, 2.75) is 6.04 Å². The van der Waals surface area contributed by atoms with E-state index in [0.717, 1.165) is 48.6 Å². The Morgan fingerprint density at radius 2 is 1.58 bits per heavy atom. The molecule has 4 aromatic rings. The lowest BCUT2D eigenvalue weighted by molar-refractivity contribution is 0.206. The Labute approximate surface area is 185 Å². The molecule has 4 heterocycles. The molecule has 7 heteroatoms. The smallest absolute Gasteiger partial charge is 0.147 e. The maximum absolute atomic E-state index is 11.2. The molecule has 0 spiro atoms. The zero-order chi connectivity index (χ0) is 21.2. The molecule has 0 saturated carbocycles. The van der Waals surface area contributed by atoms with Gasteiger partial charge in [-0.2, -0.15) is 0 Å². The fourth-order valence-electron chi connectivity index (χ4n) is 4.25. The minimum atomic E-state index is -0.226. The highest BCUT2D eigenvalue weighted by molar-refractivity contribution is 6.35. The summed E-state index contributed by atoms with van der Waals surface area (Å²) in [4.78, 5) is 18.1. The van der Waals surface area contributed by atoms with Gasteiger partial charge in [0.15, 0.2) is 0 Å². The fourth-order valence-corrected chi connectivity index (χ4v) is 4.52. The number of halogens is 1. The molecule has 0 bridgehead atoms. The van der Waals surface area contributed by atoms with Gasteiger partial charge in [-0.1, -0.05) is 23.7 Å². The Kier molecular flexibility index (Phi) is 5.40. The number of nitrogens with zero attached hydrogens (tertiary/aromatic N) is 5. The van der Waals surface area contributed by atoms with Gasteiger partial charge in [0.1, 0.15) is 17.1 Å². The summed E-state index contributed by atoms with van der Waals surface area (Å²) in [6, 6.07) is 17.1. The van der Waals surface area contributed by atoms with Crippen LogP contribution < -0.4 is 4.90 Å². The first-order valence-corrected chi connectivity index (χ1v) is 10.7. The standard InChI is InChI=1S/C24H22ClN5O/c25-19-16-18(24(31)22-17(19)6-5-11-28-22)23(20-7-1-3-9-26-20)30-14-12-29(13-15-30)21-8-2-4-10-27-21/h1-11,16,23,31H,12-15H2/t23-/m0/s1. The predicted octanol–water partition coefficient (Wildman–Crippen LogP) is 4.30. The van der Waals surface area contributed by atoms with Crippen molar-refractivity contribution in [2.75, 3.05) is 31.1 Å². The average molecular weight is 432 g/mol. The van der Waals surface area contributed by atoms with Crippen molar-refractivity contribution in [2.24, 2.45) is 0 Å². The van der Waals surface area contributed by atoms with E-state index >= 15 is 0 Å². The molecule has 31 heavy (non-hydrogen) atoms. The van der Waals surface area contributed by atoms with Crippen LogP contribution in [0.2, 0.25) is 5.02 Å². The maximum atomic E-state index is 11.2. The van der Waals surface area contributed by atoms with Gasteiger partial charge >= 0.3 is 0 Å². The SMILES string of the molecule is Oc1c([C@@H](c2ccccn2)N2CCN(c3ccccn3)CC2)cc(Cl)c2cccnc12. The van der Waals surface area contributed by atoms with Crippen LogP contribution in [0.4, 0.5) is 5.82 Å². The summed E-state index contributed by atoms with van der Waals surface area (Å²) in [6.45, 7) is 3.27. The third-order valence-electron chi connectivity index (χ3n) is 5.76. The van der Waals surface area contributed by atoms with Gasteiger partial charge in [0.05, 0.1) is 16.8 Å². The molecule has 1 saturated heterocycles. The average Bonchev–Trinajstić information content (AvgIpc) is 2.84. The molecular weight excluding hydrogens is 410 g/mol. The van der Waals surface area contributed by atoms with Crippen molar-refractivity contribution in [1.82, 2.24) is 19.9 Å². The number of piperazine rings is 1. The van der Waals surface area contributed by atoms with Gasteiger partial charge < -0.3 is 10.0 Å². The minimum Gasteiger partial charge on any atom is -0.505 e. The van der Waals surface area contributed by atoms with Crippen LogP contribution in [-0.4, -0.2) is 51.1 Å². The molecule has 156 valence electrons. The molecule has 1 N–H and O–H groups in total. The molecule has 0 aliphatic carbocycles. The minimum absolute atomic E-state index is 0.155. The normalized spacial score (nSPS) is 15.8. The molecule has 6 nitrogen and oxygen atoms in total. The molecule has 1 aliphatic rings. The number of anilines is 1. The molecule has 1 atom stereocenters. The predicted molar refractivity (Wildman–Crippen MR) is 123 cm³/mol. The Bertz CT molecular complexity index is 1180. The topological polar surface area (TPSA) is 65.4 Å². The Morgan fingerprint density at radius 1 is 0.839 bits per heavy atom. The number of aromatic hydroxyl groups is 1. The monoisotopic (exact) mass is 431 g/mol. The van der Waals surface area contributed by atoms with Crippen molar-refractivity contribution in [1.29, 1.82) is 0 Å². The Morgan fingerprint density at radius 3 is 2.29 bits per heavy atom. The molecule has 1 aliphatic heterocycles. The summed E-state index contributed by atoms with van der Waals surface area (Å²) in [5, 5.41) is 12.5. The van der Waals surface area contributed by atoms with E-state index in [0.29, 0.717) is 10.5 Å². The first kappa shape index (κ1) is 19.7. The van der Waals surface area contributed by atoms with Gasteiger partial charge in [0.25, 0.3) is 0 Å². The zero-order valence-electron chi connectivity index (χ0n) is 16.9. The van der Waals surface area contributed by atoms with E-state index in [1.165, 1.54) is 0 Å². The molecule has 3 aromatic heterocycles. The van der Waals surface area contributed by atoms with E-state index in [4.69, 9.17) is 11.6 Å². The number of aromatic nitrogens is 3. The number of rotatable bonds is 4. The van der Waals surface area contributed by atoms with Gasteiger partial charge in [0, 0.05) is 55.7 Å². The fraction of sp³-hybridized carbons (Fsp3) is 0.208. The number of phenols is 1. The second-order valence-electron chi connectivity index (χ2n) is 7.56. The van der Waals surface area contributed by atoms with Crippen LogP contribution in [0.5, 0.6) is 5.75 Å². The molecule has 1 fully saturated rings. The molecule has 0 amide bonds. The highest BCUT2D eigenvalue weighted by Gasteiger charge is 2.30.